The van der Waals surface area contributed by atoms with Crippen LogP contribution in [0, 0.1) is 0 Å². The summed E-state index contributed by atoms with van der Waals surface area (Å²) in [5.74, 6) is -0.111. The van der Waals surface area contributed by atoms with Gasteiger partial charge >= 0.3 is 0 Å². The van der Waals surface area contributed by atoms with Gasteiger partial charge in [0.25, 0.3) is 0 Å². The largest absolute Gasteiger partial charge is 0.390 e. The molecular weight excluding hydrogens is 230 g/mol. The van der Waals surface area contributed by atoms with Crippen LogP contribution in [-0.4, -0.2) is 53.5 Å². The molecular formula is C9H15N3O3S. The molecule has 0 saturated carbocycles. The number of nitrogens with zero attached hydrogens (tertiary/aromatic N) is 2. The molecule has 0 aromatic carbocycles. The third-order valence-corrected chi connectivity index (χ3v) is 4.35. The van der Waals surface area contributed by atoms with E-state index in [4.69, 9.17) is 0 Å². The minimum Gasteiger partial charge on any atom is -0.390 e. The highest BCUT2D eigenvalue weighted by atomic mass is 32.2. The van der Waals surface area contributed by atoms with Crippen molar-refractivity contribution in [3.63, 3.8) is 0 Å². The number of nitrogens with one attached hydrogen (secondary N) is 1. The van der Waals surface area contributed by atoms with Gasteiger partial charge in [-0.15, -0.1) is 0 Å². The van der Waals surface area contributed by atoms with Gasteiger partial charge in [0, 0.05) is 25.0 Å². The minimum atomic E-state index is -3.06. The van der Waals surface area contributed by atoms with E-state index in [-0.39, 0.29) is 17.5 Å². The second kappa shape index (κ2) is 4.52. The van der Waals surface area contributed by atoms with Crippen molar-refractivity contribution in [3.8, 4) is 0 Å². The van der Waals surface area contributed by atoms with Crippen molar-refractivity contribution in [3.05, 3.63) is 18.5 Å². The van der Waals surface area contributed by atoms with Crippen molar-refractivity contribution < 1.29 is 13.5 Å². The van der Waals surface area contributed by atoms with Crippen LogP contribution < -0.4 is 5.32 Å². The molecule has 1 aliphatic heterocycles. The topological polar surface area (TPSA) is 84.2 Å². The van der Waals surface area contributed by atoms with Gasteiger partial charge in [0.2, 0.25) is 0 Å². The maximum atomic E-state index is 11.2. The van der Waals surface area contributed by atoms with E-state index in [1.165, 1.54) is 0 Å². The summed E-state index contributed by atoms with van der Waals surface area (Å²) in [5, 5.41) is 16.6. The highest BCUT2D eigenvalue weighted by molar-refractivity contribution is 7.91. The van der Waals surface area contributed by atoms with Crippen LogP contribution in [-0.2, 0) is 16.4 Å². The Morgan fingerprint density at radius 3 is 2.88 bits per heavy atom. The van der Waals surface area contributed by atoms with E-state index in [0.29, 0.717) is 13.1 Å². The highest BCUT2D eigenvalue weighted by Gasteiger charge is 2.35. The molecule has 16 heavy (non-hydrogen) atoms. The van der Waals surface area contributed by atoms with Crippen molar-refractivity contribution in [2.24, 2.45) is 0 Å². The quantitative estimate of drug-likeness (QED) is 0.684. The first-order valence-electron chi connectivity index (χ1n) is 5.16. The van der Waals surface area contributed by atoms with Gasteiger partial charge in [0.15, 0.2) is 9.84 Å². The molecule has 2 atom stereocenters. The number of aromatic nitrogens is 2. The van der Waals surface area contributed by atoms with Gasteiger partial charge in [-0.1, -0.05) is 0 Å². The minimum absolute atomic E-state index is 0.0211. The second-order valence-electron chi connectivity index (χ2n) is 3.97. The second-order valence-corrected chi connectivity index (χ2v) is 6.13. The van der Waals surface area contributed by atoms with Gasteiger partial charge in [-0.25, -0.2) is 8.42 Å². The summed E-state index contributed by atoms with van der Waals surface area (Å²) in [7, 11) is -3.06. The summed E-state index contributed by atoms with van der Waals surface area (Å²) in [4.78, 5) is 0. The Bertz CT molecular complexity index is 429. The molecule has 1 aliphatic rings. The molecule has 2 rings (SSSR count). The van der Waals surface area contributed by atoms with E-state index >= 15 is 0 Å². The van der Waals surface area contributed by atoms with E-state index in [1.807, 2.05) is 12.3 Å². The molecule has 1 saturated heterocycles. The van der Waals surface area contributed by atoms with Gasteiger partial charge in [-0.3, -0.25) is 4.68 Å². The third-order valence-electron chi connectivity index (χ3n) is 2.63. The first kappa shape index (κ1) is 11.6. The van der Waals surface area contributed by atoms with Crippen LogP contribution in [0.1, 0.15) is 0 Å². The molecule has 1 aromatic rings. The van der Waals surface area contributed by atoms with Crippen LogP contribution in [0.25, 0.3) is 0 Å². The maximum absolute atomic E-state index is 11.2. The Balaban J connectivity index is 1.79. The highest BCUT2D eigenvalue weighted by Crippen LogP contribution is 2.11. The lowest BCUT2D eigenvalue weighted by Gasteiger charge is -2.14. The number of aliphatic hydroxyl groups excluding tert-OH is 1. The first-order chi connectivity index (χ1) is 7.57. The number of hydrogen-bond acceptors (Lipinski definition) is 5. The summed E-state index contributed by atoms with van der Waals surface area (Å²) in [6.07, 6.45) is 2.74. The van der Waals surface area contributed by atoms with Gasteiger partial charge in [0.1, 0.15) is 0 Å². The van der Waals surface area contributed by atoms with Crippen molar-refractivity contribution in [2.75, 3.05) is 18.1 Å². The maximum Gasteiger partial charge on any atom is 0.154 e. The Morgan fingerprint density at radius 2 is 2.31 bits per heavy atom. The molecule has 7 heteroatoms. The third kappa shape index (κ3) is 2.81. The Labute approximate surface area is 94.2 Å². The normalized spacial score (nSPS) is 28.3. The molecule has 0 amide bonds. The summed E-state index contributed by atoms with van der Waals surface area (Å²) in [6, 6.07) is 1.48. The lowest BCUT2D eigenvalue weighted by molar-refractivity contribution is 0.165. The van der Waals surface area contributed by atoms with Crippen molar-refractivity contribution in [1.29, 1.82) is 0 Å². The van der Waals surface area contributed by atoms with E-state index in [0.717, 1.165) is 0 Å². The van der Waals surface area contributed by atoms with Crippen molar-refractivity contribution >= 4 is 9.84 Å². The number of hydrogen-bond donors (Lipinski definition) is 2. The Hall–Kier alpha value is -0.920. The molecule has 1 aromatic heterocycles. The Morgan fingerprint density at radius 1 is 1.50 bits per heavy atom. The lowest BCUT2D eigenvalue weighted by atomic mass is 10.2. The molecule has 90 valence electrons. The Kier molecular flexibility index (Phi) is 3.27. The van der Waals surface area contributed by atoms with E-state index in [9.17, 15) is 13.5 Å². The predicted octanol–water partition coefficient (Wildman–Crippen LogP) is -1.37. The first-order valence-corrected chi connectivity index (χ1v) is 6.98. The number of rotatable bonds is 4. The number of sulfone groups is 1. The van der Waals surface area contributed by atoms with Crippen LogP contribution in [0.3, 0.4) is 0 Å². The molecule has 1 fully saturated rings. The van der Waals surface area contributed by atoms with E-state index < -0.39 is 15.9 Å². The zero-order valence-corrected chi connectivity index (χ0v) is 9.60. The molecule has 0 radical (unpaired) electrons. The SMILES string of the molecule is O=S1(=O)CC(O)C(NCCn2cccn2)C1. The van der Waals surface area contributed by atoms with Gasteiger partial charge in [-0.2, -0.15) is 5.10 Å². The van der Waals surface area contributed by atoms with Crippen LogP contribution in [0.2, 0.25) is 0 Å². The van der Waals surface area contributed by atoms with Crippen molar-refractivity contribution in [2.45, 2.75) is 18.7 Å². The fourth-order valence-corrected chi connectivity index (χ4v) is 3.60. The van der Waals surface area contributed by atoms with Gasteiger partial charge in [-0.05, 0) is 6.07 Å². The summed E-state index contributed by atoms with van der Waals surface area (Å²) < 4.78 is 24.2. The zero-order chi connectivity index (χ0) is 11.6. The summed E-state index contributed by atoms with van der Waals surface area (Å²) >= 11 is 0. The number of aliphatic hydroxyl groups is 1. The van der Waals surface area contributed by atoms with Gasteiger partial charge in [0.05, 0.1) is 24.2 Å². The average Bonchev–Trinajstić information content (AvgIpc) is 2.75. The fourth-order valence-electron chi connectivity index (χ4n) is 1.82. The molecule has 6 nitrogen and oxygen atoms in total. The molecule has 2 N–H and O–H groups in total. The smallest absolute Gasteiger partial charge is 0.154 e. The van der Waals surface area contributed by atoms with E-state index in [2.05, 4.69) is 10.4 Å². The van der Waals surface area contributed by atoms with Crippen LogP contribution in [0.5, 0.6) is 0 Å². The van der Waals surface area contributed by atoms with E-state index in [1.54, 1.807) is 10.9 Å². The summed E-state index contributed by atoms with van der Waals surface area (Å²) in [6.45, 7) is 1.26. The van der Waals surface area contributed by atoms with Crippen LogP contribution >= 0.6 is 0 Å². The molecule has 0 aliphatic carbocycles. The van der Waals surface area contributed by atoms with Crippen molar-refractivity contribution in [1.82, 2.24) is 15.1 Å². The average molecular weight is 245 g/mol. The van der Waals surface area contributed by atoms with Crippen LogP contribution in [0.4, 0.5) is 0 Å². The van der Waals surface area contributed by atoms with Gasteiger partial charge < -0.3 is 10.4 Å². The molecule has 2 unspecified atom stereocenters. The van der Waals surface area contributed by atoms with Crippen LogP contribution in [0.15, 0.2) is 18.5 Å². The molecule has 0 bridgehead atoms. The predicted molar refractivity (Wildman–Crippen MR) is 58.7 cm³/mol. The lowest BCUT2D eigenvalue weighted by Crippen LogP contribution is -2.40. The monoisotopic (exact) mass is 245 g/mol. The fraction of sp³-hybridized carbons (Fsp3) is 0.667. The molecule has 2 heterocycles. The summed E-state index contributed by atoms with van der Waals surface area (Å²) in [5.41, 5.74) is 0. The zero-order valence-electron chi connectivity index (χ0n) is 8.78. The molecule has 0 spiro atoms. The standard InChI is InChI=1S/C9H15N3O3S/c13-9-7-16(14,15)6-8(9)10-3-5-12-4-1-2-11-12/h1-2,4,8-10,13H,3,5-7H2.